The molecule has 0 fully saturated rings. The summed E-state index contributed by atoms with van der Waals surface area (Å²) in [4.78, 5) is 30.1. The van der Waals surface area contributed by atoms with E-state index >= 15 is 0 Å². The van der Waals surface area contributed by atoms with E-state index in [4.69, 9.17) is 14.6 Å². The number of esters is 1. The molecule has 0 saturated carbocycles. The summed E-state index contributed by atoms with van der Waals surface area (Å²) in [6.45, 7) is 0. The number of rotatable bonds is 4. The van der Waals surface area contributed by atoms with Crippen molar-refractivity contribution < 1.29 is 18.7 Å². The van der Waals surface area contributed by atoms with Gasteiger partial charge in [-0.3, -0.25) is 15.1 Å². The van der Waals surface area contributed by atoms with E-state index in [-0.39, 0.29) is 11.4 Å². The lowest BCUT2D eigenvalue weighted by molar-refractivity contribution is -0.114. The Morgan fingerprint density at radius 2 is 1.82 bits per heavy atom. The van der Waals surface area contributed by atoms with E-state index in [1.54, 1.807) is 41.3 Å². The number of benzene rings is 2. The number of furan rings is 1. The Bertz CT molecular complexity index is 1370. The van der Waals surface area contributed by atoms with Crippen LogP contribution in [-0.2, 0) is 9.53 Å². The number of hydrogen-bond donors (Lipinski definition) is 1. The number of carbonyl (C=O) groups excluding carboxylic acids is 2. The number of fused-ring (bicyclic) bond motifs is 1. The number of hydrogen-bond acceptors (Lipinski definition) is 6. The van der Waals surface area contributed by atoms with Gasteiger partial charge in [-0.2, -0.15) is 4.99 Å². The summed E-state index contributed by atoms with van der Waals surface area (Å²) in [7, 11) is 1.33. The van der Waals surface area contributed by atoms with Gasteiger partial charge >= 0.3 is 5.97 Å². The van der Waals surface area contributed by atoms with E-state index in [0.29, 0.717) is 22.3 Å². The Kier molecular flexibility index (Phi) is 5.27. The molecule has 3 heterocycles. The minimum absolute atomic E-state index is 0.0467. The predicted molar refractivity (Wildman–Crippen MR) is 127 cm³/mol. The van der Waals surface area contributed by atoms with Crippen LogP contribution >= 0.6 is 11.8 Å². The molecule has 1 N–H and O–H groups in total. The Hall–Kier alpha value is -4.17. The standard InChI is InChI=1S/C25H17N3O4S/c1-31-24(30)17-9-7-16(8-10-17)21-12-11-18(32-21)13-19-22(26)28-20(15-5-3-2-4-6-15)14-33-25(28)27-23(19)29/h2-14,26H,1H3/b19-13+,26-22?. The van der Waals surface area contributed by atoms with Gasteiger partial charge in [-0.25, -0.2) is 4.79 Å². The fourth-order valence-corrected chi connectivity index (χ4v) is 4.42. The first-order valence-electron chi connectivity index (χ1n) is 10.00. The van der Waals surface area contributed by atoms with Gasteiger partial charge in [-0.1, -0.05) is 54.2 Å². The Morgan fingerprint density at radius 3 is 2.55 bits per heavy atom. The number of nitrogens with zero attached hydrogens (tertiary/aromatic N) is 2. The van der Waals surface area contributed by atoms with Crippen LogP contribution in [0.4, 0.5) is 0 Å². The molecule has 1 aromatic heterocycles. The van der Waals surface area contributed by atoms with Crippen LogP contribution in [0.1, 0.15) is 21.7 Å². The van der Waals surface area contributed by atoms with E-state index in [1.165, 1.54) is 24.9 Å². The van der Waals surface area contributed by atoms with Crippen molar-refractivity contribution in [2.24, 2.45) is 4.99 Å². The number of carbonyl (C=O) groups is 2. The monoisotopic (exact) mass is 455 g/mol. The lowest BCUT2D eigenvalue weighted by atomic mass is 10.1. The van der Waals surface area contributed by atoms with Crippen molar-refractivity contribution >= 4 is 46.4 Å². The molecular formula is C25H17N3O4S. The lowest BCUT2D eigenvalue weighted by Gasteiger charge is -2.26. The lowest BCUT2D eigenvalue weighted by Crippen LogP contribution is -2.37. The molecule has 0 aliphatic carbocycles. The number of aliphatic imine (C=N–C) groups is 1. The molecular weight excluding hydrogens is 438 g/mol. The van der Waals surface area contributed by atoms with Gasteiger partial charge in [0.2, 0.25) is 0 Å². The zero-order valence-corrected chi connectivity index (χ0v) is 18.3. The molecule has 8 heteroatoms. The number of amidine groups is 2. The first-order chi connectivity index (χ1) is 16.0. The first-order valence-corrected chi connectivity index (χ1v) is 10.9. The van der Waals surface area contributed by atoms with E-state index in [1.807, 2.05) is 35.7 Å². The normalized spacial score (nSPS) is 16.5. The smallest absolute Gasteiger partial charge is 0.337 e. The largest absolute Gasteiger partial charge is 0.465 e. The van der Waals surface area contributed by atoms with Crippen molar-refractivity contribution in [3.63, 3.8) is 0 Å². The molecule has 162 valence electrons. The third-order valence-electron chi connectivity index (χ3n) is 5.19. The second kappa shape index (κ2) is 8.40. The van der Waals surface area contributed by atoms with E-state index < -0.39 is 11.9 Å². The molecule has 0 radical (unpaired) electrons. The van der Waals surface area contributed by atoms with Crippen molar-refractivity contribution in [3.05, 3.63) is 94.6 Å². The van der Waals surface area contributed by atoms with Crippen molar-refractivity contribution in [3.8, 4) is 11.3 Å². The summed E-state index contributed by atoms with van der Waals surface area (Å²) < 4.78 is 10.6. The van der Waals surface area contributed by atoms with E-state index in [0.717, 1.165) is 16.8 Å². The maximum absolute atomic E-state index is 12.7. The zero-order valence-electron chi connectivity index (χ0n) is 17.4. The second-order valence-corrected chi connectivity index (χ2v) is 8.04. The van der Waals surface area contributed by atoms with Gasteiger partial charge in [-0.15, -0.1) is 0 Å². The highest BCUT2D eigenvalue weighted by molar-refractivity contribution is 8.17. The van der Waals surface area contributed by atoms with Crippen LogP contribution in [-0.4, -0.2) is 34.9 Å². The van der Waals surface area contributed by atoms with Crippen LogP contribution in [0.2, 0.25) is 0 Å². The highest BCUT2D eigenvalue weighted by Crippen LogP contribution is 2.37. The van der Waals surface area contributed by atoms with Crippen LogP contribution in [0.25, 0.3) is 23.1 Å². The van der Waals surface area contributed by atoms with Crippen molar-refractivity contribution in [2.45, 2.75) is 0 Å². The molecule has 0 unspecified atom stereocenters. The van der Waals surface area contributed by atoms with Gasteiger partial charge in [0.1, 0.15) is 17.4 Å². The molecule has 7 nitrogen and oxygen atoms in total. The zero-order chi connectivity index (χ0) is 22.9. The third-order valence-corrected chi connectivity index (χ3v) is 6.01. The molecule has 2 aromatic carbocycles. The summed E-state index contributed by atoms with van der Waals surface area (Å²) in [6.07, 6.45) is 1.53. The summed E-state index contributed by atoms with van der Waals surface area (Å²) in [5, 5.41) is 11.1. The fraction of sp³-hybridized carbons (Fsp3) is 0.0400. The van der Waals surface area contributed by atoms with Gasteiger partial charge in [0, 0.05) is 11.0 Å². The van der Waals surface area contributed by atoms with Crippen molar-refractivity contribution in [1.29, 1.82) is 5.41 Å². The summed E-state index contributed by atoms with van der Waals surface area (Å²) in [5.74, 6) is 0.140. The molecule has 2 aliphatic rings. The third kappa shape index (κ3) is 3.81. The summed E-state index contributed by atoms with van der Waals surface area (Å²) in [5.41, 5.74) is 3.08. The highest BCUT2D eigenvalue weighted by Gasteiger charge is 2.36. The number of methoxy groups -OCH3 is 1. The van der Waals surface area contributed by atoms with Gasteiger partial charge < -0.3 is 9.15 Å². The molecule has 0 atom stereocenters. The van der Waals surface area contributed by atoms with Crippen LogP contribution in [0.3, 0.4) is 0 Å². The van der Waals surface area contributed by atoms with Crippen LogP contribution in [0.5, 0.6) is 0 Å². The SMILES string of the molecule is COC(=O)c1ccc(-c2ccc(/C=C3\C(=N)N4C(c5ccccc5)=CSC4=NC3=O)o2)cc1. The van der Waals surface area contributed by atoms with Gasteiger partial charge in [0.05, 0.1) is 23.9 Å². The maximum atomic E-state index is 12.7. The van der Waals surface area contributed by atoms with Crippen LogP contribution in [0.15, 0.2) is 87.1 Å². The molecule has 0 bridgehead atoms. The second-order valence-electron chi connectivity index (χ2n) is 7.20. The van der Waals surface area contributed by atoms with Gasteiger partial charge in [0.25, 0.3) is 5.91 Å². The fourth-order valence-electron chi connectivity index (χ4n) is 3.53. The molecule has 33 heavy (non-hydrogen) atoms. The molecule has 2 aliphatic heterocycles. The van der Waals surface area contributed by atoms with Crippen LogP contribution in [0, 0.1) is 5.41 Å². The van der Waals surface area contributed by atoms with E-state index in [2.05, 4.69) is 4.99 Å². The highest BCUT2D eigenvalue weighted by atomic mass is 32.2. The number of ether oxygens (including phenoxy) is 1. The minimum Gasteiger partial charge on any atom is -0.465 e. The molecule has 1 amide bonds. The number of thioether (sulfide) groups is 1. The minimum atomic E-state index is -0.484. The summed E-state index contributed by atoms with van der Waals surface area (Å²) >= 11 is 1.32. The average molecular weight is 455 g/mol. The average Bonchev–Trinajstić information content (AvgIpc) is 3.49. The van der Waals surface area contributed by atoms with Crippen molar-refractivity contribution in [2.75, 3.05) is 7.11 Å². The quantitative estimate of drug-likeness (QED) is 0.438. The Labute approximate surface area is 193 Å². The molecule has 0 spiro atoms. The number of amides is 1. The number of nitrogens with one attached hydrogen (secondary N) is 1. The van der Waals surface area contributed by atoms with Crippen molar-refractivity contribution in [1.82, 2.24) is 4.90 Å². The van der Waals surface area contributed by atoms with Gasteiger partial charge in [-0.05, 0) is 35.9 Å². The van der Waals surface area contributed by atoms with Crippen LogP contribution < -0.4 is 0 Å². The first kappa shape index (κ1) is 20.7. The predicted octanol–water partition coefficient (Wildman–Crippen LogP) is 5.04. The topological polar surface area (TPSA) is 96.0 Å². The molecule has 5 rings (SSSR count). The molecule has 3 aromatic rings. The Balaban J connectivity index is 1.43. The summed E-state index contributed by atoms with van der Waals surface area (Å²) in [6, 6.07) is 20.0. The maximum Gasteiger partial charge on any atom is 0.337 e. The van der Waals surface area contributed by atoms with Gasteiger partial charge in [0.15, 0.2) is 5.17 Å². The Morgan fingerprint density at radius 1 is 1.06 bits per heavy atom. The molecule has 0 saturated heterocycles. The van der Waals surface area contributed by atoms with E-state index in [9.17, 15) is 9.59 Å².